The molecule has 144 valence electrons. The lowest BCUT2D eigenvalue weighted by atomic mass is 10.1. The van der Waals surface area contributed by atoms with Gasteiger partial charge in [0.25, 0.3) is 0 Å². The SMILES string of the molecule is CCNC(=NCc1ccc(C(N)=O)cc1)NCCCOCC1CCOC1. The quantitative estimate of drug-likeness (QED) is 0.331. The number of rotatable bonds is 10. The van der Waals surface area contributed by atoms with E-state index in [0.29, 0.717) is 18.0 Å². The van der Waals surface area contributed by atoms with Crippen LogP contribution in [-0.2, 0) is 16.0 Å². The summed E-state index contributed by atoms with van der Waals surface area (Å²) in [5, 5.41) is 6.53. The summed E-state index contributed by atoms with van der Waals surface area (Å²) in [4.78, 5) is 15.6. The molecule has 1 heterocycles. The first-order valence-corrected chi connectivity index (χ1v) is 9.25. The highest BCUT2D eigenvalue weighted by molar-refractivity contribution is 5.92. The Balaban J connectivity index is 1.67. The van der Waals surface area contributed by atoms with E-state index in [4.69, 9.17) is 15.2 Å². The van der Waals surface area contributed by atoms with Gasteiger partial charge in [0, 0.05) is 37.8 Å². The van der Waals surface area contributed by atoms with Crippen LogP contribution in [0, 0.1) is 5.92 Å². The maximum absolute atomic E-state index is 11.1. The van der Waals surface area contributed by atoms with Crippen molar-refractivity contribution < 1.29 is 14.3 Å². The maximum atomic E-state index is 11.1. The number of ether oxygens (including phenoxy) is 2. The predicted molar refractivity (Wildman–Crippen MR) is 102 cm³/mol. The minimum atomic E-state index is -0.419. The third-order valence-corrected chi connectivity index (χ3v) is 4.14. The molecule has 0 radical (unpaired) electrons. The van der Waals surface area contributed by atoms with Crippen molar-refractivity contribution >= 4 is 11.9 Å². The summed E-state index contributed by atoms with van der Waals surface area (Å²) in [6.07, 6.45) is 2.03. The van der Waals surface area contributed by atoms with Gasteiger partial charge >= 0.3 is 0 Å². The summed E-state index contributed by atoms with van der Waals surface area (Å²) in [7, 11) is 0. The number of benzene rings is 1. The molecule has 26 heavy (non-hydrogen) atoms. The van der Waals surface area contributed by atoms with E-state index in [-0.39, 0.29) is 0 Å². The molecule has 0 bridgehead atoms. The number of aliphatic imine (C=N–C) groups is 1. The fraction of sp³-hybridized carbons (Fsp3) is 0.579. The largest absolute Gasteiger partial charge is 0.381 e. The van der Waals surface area contributed by atoms with Gasteiger partial charge in [-0.3, -0.25) is 4.79 Å². The van der Waals surface area contributed by atoms with E-state index in [0.717, 1.165) is 63.9 Å². The van der Waals surface area contributed by atoms with Crippen LogP contribution in [0.25, 0.3) is 0 Å². The number of nitrogens with zero attached hydrogens (tertiary/aromatic N) is 1. The van der Waals surface area contributed by atoms with Gasteiger partial charge < -0.3 is 25.8 Å². The first-order valence-electron chi connectivity index (χ1n) is 9.25. The lowest BCUT2D eigenvalue weighted by Crippen LogP contribution is -2.38. The Morgan fingerprint density at radius 1 is 1.35 bits per heavy atom. The van der Waals surface area contributed by atoms with Crippen LogP contribution in [0.1, 0.15) is 35.7 Å². The van der Waals surface area contributed by atoms with Crippen LogP contribution in [0.15, 0.2) is 29.3 Å². The van der Waals surface area contributed by atoms with E-state index in [1.54, 1.807) is 12.1 Å². The topological polar surface area (TPSA) is 98.0 Å². The Labute approximate surface area is 155 Å². The number of guanidine groups is 1. The average molecular weight is 362 g/mol. The van der Waals surface area contributed by atoms with E-state index in [9.17, 15) is 4.79 Å². The number of carbonyl (C=O) groups is 1. The fourth-order valence-corrected chi connectivity index (χ4v) is 2.63. The Morgan fingerprint density at radius 2 is 2.15 bits per heavy atom. The van der Waals surface area contributed by atoms with Gasteiger partial charge in [-0.05, 0) is 37.5 Å². The molecular formula is C19H30N4O3. The zero-order chi connectivity index (χ0) is 18.6. The number of nitrogens with two attached hydrogens (primary N) is 1. The minimum absolute atomic E-state index is 0.419. The lowest BCUT2D eigenvalue weighted by molar-refractivity contribution is 0.0888. The smallest absolute Gasteiger partial charge is 0.248 e. The third-order valence-electron chi connectivity index (χ3n) is 4.14. The second kappa shape index (κ2) is 11.5. The molecule has 1 unspecified atom stereocenters. The Kier molecular flexibility index (Phi) is 8.92. The first kappa shape index (κ1) is 20.2. The van der Waals surface area contributed by atoms with Crippen molar-refractivity contribution in [3.8, 4) is 0 Å². The van der Waals surface area contributed by atoms with Gasteiger partial charge in [0.1, 0.15) is 0 Å². The molecule has 0 aliphatic carbocycles. The van der Waals surface area contributed by atoms with Crippen molar-refractivity contribution in [1.29, 1.82) is 0 Å². The second-order valence-corrected chi connectivity index (χ2v) is 6.34. The molecule has 4 N–H and O–H groups in total. The van der Waals surface area contributed by atoms with Crippen molar-refractivity contribution in [2.45, 2.75) is 26.3 Å². The number of hydrogen-bond acceptors (Lipinski definition) is 4. The number of hydrogen-bond donors (Lipinski definition) is 3. The normalized spacial score (nSPS) is 17.3. The molecule has 1 atom stereocenters. The van der Waals surface area contributed by atoms with Crippen LogP contribution in [-0.4, -0.2) is 51.4 Å². The Morgan fingerprint density at radius 3 is 2.81 bits per heavy atom. The summed E-state index contributed by atoms with van der Waals surface area (Å²) < 4.78 is 11.0. The van der Waals surface area contributed by atoms with Crippen molar-refractivity contribution in [1.82, 2.24) is 10.6 Å². The molecule has 1 amide bonds. The molecule has 7 nitrogen and oxygen atoms in total. The summed E-state index contributed by atoms with van der Waals surface area (Å²) >= 11 is 0. The Bertz CT molecular complexity index is 569. The minimum Gasteiger partial charge on any atom is -0.381 e. The van der Waals surface area contributed by atoms with E-state index >= 15 is 0 Å². The second-order valence-electron chi connectivity index (χ2n) is 6.34. The molecular weight excluding hydrogens is 332 g/mol. The van der Waals surface area contributed by atoms with Gasteiger partial charge in [-0.15, -0.1) is 0 Å². The summed E-state index contributed by atoms with van der Waals surface area (Å²) in [5.74, 6) is 0.913. The molecule has 1 aromatic carbocycles. The molecule has 1 fully saturated rings. The van der Waals surface area contributed by atoms with Crippen LogP contribution >= 0.6 is 0 Å². The van der Waals surface area contributed by atoms with Gasteiger partial charge in [-0.1, -0.05) is 12.1 Å². The van der Waals surface area contributed by atoms with Gasteiger partial charge in [-0.25, -0.2) is 4.99 Å². The highest BCUT2D eigenvalue weighted by Gasteiger charge is 2.15. The number of amides is 1. The van der Waals surface area contributed by atoms with Crippen molar-refractivity contribution in [2.75, 3.05) is 39.5 Å². The average Bonchev–Trinajstić information content (AvgIpc) is 3.16. The molecule has 0 spiro atoms. The van der Waals surface area contributed by atoms with Crippen LogP contribution in [0.4, 0.5) is 0 Å². The van der Waals surface area contributed by atoms with Crippen LogP contribution in [0.3, 0.4) is 0 Å². The van der Waals surface area contributed by atoms with Crippen molar-refractivity contribution in [3.63, 3.8) is 0 Å². The summed E-state index contributed by atoms with van der Waals surface area (Å²) in [5.41, 5.74) is 6.78. The number of primary amides is 1. The van der Waals surface area contributed by atoms with Crippen LogP contribution < -0.4 is 16.4 Å². The molecule has 0 saturated carbocycles. The van der Waals surface area contributed by atoms with Crippen molar-refractivity contribution in [2.24, 2.45) is 16.6 Å². The summed E-state index contributed by atoms with van der Waals surface area (Å²) in [6.45, 7) is 7.38. The molecule has 2 rings (SSSR count). The van der Waals surface area contributed by atoms with Crippen LogP contribution in [0.2, 0.25) is 0 Å². The maximum Gasteiger partial charge on any atom is 0.248 e. The van der Waals surface area contributed by atoms with Gasteiger partial charge in [0.05, 0.1) is 19.8 Å². The highest BCUT2D eigenvalue weighted by atomic mass is 16.5. The predicted octanol–water partition coefficient (Wildman–Crippen LogP) is 1.28. The molecule has 1 aliphatic rings. The van der Waals surface area contributed by atoms with Crippen molar-refractivity contribution in [3.05, 3.63) is 35.4 Å². The number of carbonyl (C=O) groups excluding carboxylic acids is 1. The highest BCUT2D eigenvalue weighted by Crippen LogP contribution is 2.12. The molecule has 0 aromatic heterocycles. The molecule has 1 aliphatic heterocycles. The zero-order valence-electron chi connectivity index (χ0n) is 15.5. The van der Waals surface area contributed by atoms with Gasteiger partial charge in [0.2, 0.25) is 5.91 Å². The van der Waals surface area contributed by atoms with E-state index < -0.39 is 5.91 Å². The third kappa shape index (κ3) is 7.41. The zero-order valence-corrected chi connectivity index (χ0v) is 15.5. The van der Waals surface area contributed by atoms with Crippen LogP contribution in [0.5, 0.6) is 0 Å². The van der Waals surface area contributed by atoms with Gasteiger partial charge in [-0.2, -0.15) is 0 Å². The van der Waals surface area contributed by atoms with E-state index in [1.165, 1.54) is 0 Å². The van der Waals surface area contributed by atoms with E-state index in [1.807, 2.05) is 19.1 Å². The van der Waals surface area contributed by atoms with Gasteiger partial charge in [0.15, 0.2) is 5.96 Å². The monoisotopic (exact) mass is 362 g/mol. The molecule has 7 heteroatoms. The lowest BCUT2D eigenvalue weighted by Gasteiger charge is -2.12. The first-order chi connectivity index (χ1) is 12.7. The Hall–Kier alpha value is -2.12. The fourth-order valence-electron chi connectivity index (χ4n) is 2.63. The molecule has 1 aromatic rings. The van der Waals surface area contributed by atoms with E-state index in [2.05, 4.69) is 15.6 Å². The summed E-state index contributed by atoms with van der Waals surface area (Å²) in [6, 6.07) is 7.18. The molecule has 1 saturated heterocycles. The standard InChI is InChI=1S/C19H30N4O3/c1-2-21-19(22-9-3-10-25-13-16-8-11-26-14-16)23-12-15-4-6-17(7-5-15)18(20)24/h4-7,16H,2-3,8-14H2,1H3,(H2,20,24)(H2,21,22,23). The number of nitrogens with one attached hydrogen (secondary N) is 2.